The van der Waals surface area contributed by atoms with Crippen LogP contribution in [0, 0.1) is 5.92 Å². The van der Waals surface area contributed by atoms with Crippen molar-refractivity contribution < 1.29 is 22.7 Å². The van der Waals surface area contributed by atoms with Crippen LogP contribution in [0.15, 0.2) is 0 Å². The quantitative estimate of drug-likeness (QED) is 0.438. The summed E-state index contributed by atoms with van der Waals surface area (Å²) in [7, 11) is -3.68. The van der Waals surface area contributed by atoms with Crippen molar-refractivity contribution in [3.63, 3.8) is 0 Å². The number of esters is 1. The van der Waals surface area contributed by atoms with E-state index in [1.165, 1.54) is 0 Å². The first-order chi connectivity index (χ1) is 8.44. The summed E-state index contributed by atoms with van der Waals surface area (Å²) in [6.45, 7) is 2.04. The van der Waals surface area contributed by atoms with E-state index in [-0.39, 0.29) is 31.5 Å². The van der Waals surface area contributed by atoms with E-state index in [2.05, 4.69) is 14.8 Å². The molecule has 0 bridgehead atoms. The molecule has 0 aromatic carbocycles. The number of hydrogen-bond donors (Lipinski definition) is 2. The second-order valence-corrected chi connectivity index (χ2v) is 5.83. The molecule has 1 aliphatic rings. The number of hydrogen-bond acceptors (Lipinski definition) is 5. The van der Waals surface area contributed by atoms with E-state index in [0.717, 1.165) is 12.8 Å². The lowest BCUT2D eigenvalue weighted by Gasteiger charge is -2.07. The Bertz CT molecular complexity index is 402. The highest BCUT2D eigenvalue weighted by molar-refractivity contribution is 7.90. The van der Waals surface area contributed by atoms with Gasteiger partial charge in [0.05, 0.1) is 6.61 Å². The van der Waals surface area contributed by atoms with Gasteiger partial charge in [0.1, 0.15) is 0 Å². The van der Waals surface area contributed by atoms with Crippen LogP contribution in [0.4, 0.5) is 0 Å². The van der Waals surface area contributed by atoms with Gasteiger partial charge in [-0.3, -0.25) is 9.59 Å². The summed E-state index contributed by atoms with van der Waals surface area (Å²) < 4.78 is 29.5. The molecular weight excluding hydrogens is 260 g/mol. The first-order valence-corrected chi connectivity index (χ1v) is 7.50. The summed E-state index contributed by atoms with van der Waals surface area (Å²) in [4.78, 5) is 22.2. The molecule has 0 aromatic rings. The highest BCUT2D eigenvalue weighted by atomic mass is 32.2. The molecule has 0 aliphatic heterocycles. The molecule has 0 saturated heterocycles. The molecule has 0 heterocycles. The van der Waals surface area contributed by atoms with Crippen LogP contribution in [0.5, 0.6) is 0 Å². The molecule has 0 atom stereocenters. The molecule has 0 aromatic heterocycles. The topological polar surface area (TPSA) is 102 Å². The highest BCUT2D eigenvalue weighted by Crippen LogP contribution is 2.28. The van der Waals surface area contributed by atoms with Gasteiger partial charge in [0.15, 0.2) is 5.75 Å². The van der Waals surface area contributed by atoms with Crippen LogP contribution in [0.25, 0.3) is 0 Å². The minimum atomic E-state index is -3.68. The second kappa shape index (κ2) is 6.69. The Morgan fingerprint density at radius 3 is 2.50 bits per heavy atom. The second-order valence-electron chi connectivity index (χ2n) is 4.02. The maximum absolute atomic E-state index is 11.4. The van der Waals surface area contributed by atoms with Gasteiger partial charge in [-0.05, 0) is 19.8 Å². The number of ether oxygens (including phenoxy) is 1. The lowest BCUT2D eigenvalue weighted by Crippen LogP contribution is -2.37. The van der Waals surface area contributed by atoms with Gasteiger partial charge in [-0.25, -0.2) is 13.1 Å². The number of amides is 1. The first-order valence-electron chi connectivity index (χ1n) is 5.85. The summed E-state index contributed by atoms with van der Waals surface area (Å²) in [5.74, 6) is -1.43. The molecule has 104 valence electrons. The zero-order valence-electron chi connectivity index (χ0n) is 10.3. The fourth-order valence-electron chi connectivity index (χ4n) is 1.29. The summed E-state index contributed by atoms with van der Waals surface area (Å²) in [6.07, 6.45) is 1.81. The molecular formula is C10H18N2O5S. The van der Waals surface area contributed by atoms with Gasteiger partial charge in [-0.15, -0.1) is 0 Å². The van der Waals surface area contributed by atoms with E-state index in [4.69, 9.17) is 0 Å². The Kier molecular flexibility index (Phi) is 5.54. The van der Waals surface area contributed by atoms with Crippen LogP contribution >= 0.6 is 0 Å². The molecule has 0 radical (unpaired) electrons. The van der Waals surface area contributed by atoms with E-state index in [1.807, 2.05) is 0 Å². The first kappa shape index (κ1) is 14.9. The van der Waals surface area contributed by atoms with E-state index < -0.39 is 21.7 Å². The fraction of sp³-hybridized carbons (Fsp3) is 0.800. The zero-order chi connectivity index (χ0) is 13.6. The van der Waals surface area contributed by atoms with Crippen molar-refractivity contribution in [2.75, 3.05) is 25.4 Å². The van der Waals surface area contributed by atoms with E-state index >= 15 is 0 Å². The summed E-state index contributed by atoms with van der Waals surface area (Å²) in [5, 5.41) is 2.61. The van der Waals surface area contributed by atoms with Gasteiger partial charge in [0.25, 0.3) is 0 Å². The molecule has 2 N–H and O–H groups in total. The van der Waals surface area contributed by atoms with Crippen molar-refractivity contribution in [2.45, 2.75) is 19.8 Å². The average molecular weight is 278 g/mol. The van der Waals surface area contributed by atoms with E-state index in [9.17, 15) is 18.0 Å². The van der Waals surface area contributed by atoms with Crippen LogP contribution in [0.2, 0.25) is 0 Å². The van der Waals surface area contributed by atoms with Crippen molar-refractivity contribution in [1.29, 1.82) is 0 Å². The molecule has 18 heavy (non-hydrogen) atoms. The predicted molar refractivity (Wildman–Crippen MR) is 64.2 cm³/mol. The largest absolute Gasteiger partial charge is 0.465 e. The third-order valence-electron chi connectivity index (χ3n) is 2.31. The minimum Gasteiger partial charge on any atom is -0.465 e. The smallest absolute Gasteiger partial charge is 0.322 e. The lowest BCUT2D eigenvalue weighted by atomic mass is 10.4. The Morgan fingerprint density at radius 2 is 1.94 bits per heavy atom. The molecule has 1 saturated carbocycles. The SMILES string of the molecule is CCOC(=O)CS(=O)(=O)NCCNC(=O)C1CC1. The number of carbonyl (C=O) groups is 2. The van der Waals surface area contributed by atoms with Crippen molar-refractivity contribution in [3.8, 4) is 0 Å². The molecule has 1 aliphatic carbocycles. The average Bonchev–Trinajstić information content (AvgIpc) is 3.07. The van der Waals surface area contributed by atoms with E-state index in [1.54, 1.807) is 6.92 Å². The molecule has 1 rings (SSSR count). The maximum Gasteiger partial charge on any atom is 0.322 e. The van der Waals surface area contributed by atoms with Crippen molar-refractivity contribution >= 4 is 21.9 Å². The van der Waals surface area contributed by atoms with Crippen LogP contribution in [0.1, 0.15) is 19.8 Å². The van der Waals surface area contributed by atoms with Crippen LogP contribution in [-0.2, 0) is 24.3 Å². The minimum absolute atomic E-state index is 0.0420. The monoisotopic (exact) mass is 278 g/mol. The summed E-state index contributed by atoms with van der Waals surface area (Å²) in [6, 6.07) is 0. The summed E-state index contributed by atoms with van der Waals surface area (Å²) in [5.41, 5.74) is 0. The standard InChI is InChI=1S/C10H18N2O5S/c1-2-17-9(13)7-18(15,16)12-6-5-11-10(14)8-3-4-8/h8,12H,2-7H2,1H3,(H,11,14). The third kappa shape index (κ3) is 5.97. The fourth-order valence-corrected chi connectivity index (χ4v) is 2.20. The van der Waals surface area contributed by atoms with Crippen LogP contribution < -0.4 is 10.0 Å². The predicted octanol–water partition coefficient (Wildman–Crippen LogP) is -1.00. The van der Waals surface area contributed by atoms with Crippen molar-refractivity contribution in [1.82, 2.24) is 10.0 Å². The Hall–Kier alpha value is -1.15. The molecule has 8 heteroatoms. The van der Waals surface area contributed by atoms with E-state index in [0.29, 0.717) is 0 Å². The van der Waals surface area contributed by atoms with Gasteiger partial charge >= 0.3 is 5.97 Å². The van der Waals surface area contributed by atoms with Gasteiger partial charge in [0, 0.05) is 19.0 Å². The normalized spacial score (nSPS) is 15.2. The molecule has 7 nitrogen and oxygen atoms in total. The van der Waals surface area contributed by atoms with Crippen molar-refractivity contribution in [3.05, 3.63) is 0 Å². The van der Waals surface area contributed by atoms with Crippen LogP contribution in [-0.4, -0.2) is 45.7 Å². The molecule has 0 spiro atoms. The molecule has 1 amide bonds. The van der Waals surface area contributed by atoms with Gasteiger partial charge in [-0.2, -0.15) is 0 Å². The lowest BCUT2D eigenvalue weighted by molar-refractivity contribution is -0.140. The molecule has 1 fully saturated rings. The number of sulfonamides is 1. The molecule has 0 unspecified atom stereocenters. The van der Waals surface area contributed by atoms with Gasteiger partial charge in [-0.1, -0.05) is 0 Å². The Labute approximate surface area is 106 Å². The number of rotatable bonds is 8. The van der Waals surface area contributed by atoms with Crippen LogP contribution in [0.3, 0.4) is 0 Å². The van der Waals surface area contributed by atoms with Gasteiger partial charge < -0.3 is 10.1 Å². The number of nitrogens with one attached hydrogen (secondary N) is 2. The maximum atomic E-state index is 11.4. The van der Waals surface area contributed by atoms with Gasteiger partial charge in [0.2, 0.25) is 15.9 Å². The number of carbonyl (C=O) groups excluding carboxylic acids is 2. The Balaban J connectivity index is 2.16. The summed E-state index contributed by atoms with van der Waals surface area (Å²) >= 11 is 0. The zero-order valence-corrected chi connectivity index (χ0v) is 11.1. The highest BCUT2D eigenvalue weighted by Gasteiger charge is 2.29. The van der Waals surface area contributed by atoms with Crippen molar-refractivity contribution in [2.24, 2.45) is 5.92 Å². The third-order valence-corrected chi connectivity index (χ3v) is 3.57. The Morgan fingerprint density at radius 1 is 1.28 bits per heavy atom.